The van der Waals surface area contributed by atoms with Crippen molar-refractivity contribution in [1.82, 2.24) is 10.0 Å². The topological polar surface area (TPSA) is 95.5 Å². The van der Waals surface area contributed by atoms with Crippen LogP contribution in [-0.2, 0) is 21.2 Å². The third-order valence-corrected chi connectivity index (χ3v) is 4.41. The van der Waals surface area contributed by atoms with Crippen LogP contribution in [0.15, 0.2) is 54.6 Å². The average Bonchev–Trinajstić information content (AvgIpc) is 2.58. The zero-order valence-electron chi connectivity index (χ0n) is 14.0. The third-order valence-electron chi connectivity index (χ3n) is 3.68. The van der Waals surface area contributed by atoms with Crippen molar-refractivity contribution in [1.29, 1.82) is 0 Å². The molecule has 1 amide bonds. The number of phenols is 1. The molecule has 0 aromatic heterocycles. The maximum absolute atomic E-state index is 12.6. The molecule has 0 saturated carbocycles. The van der Waals surface area contributed by atoms with Crippen molar-refractivity contribution < 1.29 is 18.3 Å². The molecule has 0 heterocycles. The van der Waals surface area contributed by atoms with Crippen LogP contribution in [0.25, 0.3) is 0 Å². The van der Waals surface area contributed by atoms with Gasteiger partial charge in [-0.2, -0.15) is 0 Å². The first kappa shape index (κ1) is 19.0. The van der Waals surface area contributed by atoms with Crippen molar-refractivity contribution in [2.75, 3.05) is 19.3 Å². The summed E-state index contributed by atoms with van der Waals surface area (Å²) in [5, 5.41) is 12.2. The van der Waals surface area contributed by atoms with Gasteiger partial charge < -0.3 is 10.4 Å². The van der Waals surface area contributed by atoms with E-state index in [1.165, 1.54) is 0 Å². The zero-order valence-corrected chi connectivity index (χ0v) is 14.8. The lowest BCUT2D eigenvalue weighted by molar-refractivity contribution is -0.122. The number of sulfonamides is 1. The van der Waals surface area contributed by atoms with E-state index in [-0.39, 0.29) is 24.7 Å². The molecule has 25 heavy (non-hydrogen) atoms. The third kappa shape index (κ3) is 6.56. The van der Waals surface area contributed by atoms with Crippen LogP contribution >= 0.6 is 0 Å². The summed E-state index contributed by atoms with van der Waals surface area (Å²) in [6.07, 6.45) is 1.56. The Bertz CT molecular complexity index is 790. The van der Waals surface area contributed by atoms with Gasteiger partial charge in [0.15, 0.2) is 0 Å². The highest BCUT2D eigenvalue weighted by atomic mass is 32.2. The van der Waals surface area contributed by atoms with E-state index in [1.807, 2.05) is 30.3 Å². The number of phenolic OH excluding ortho intramolecular Hbond substituents is 1. The van der Waals surface area contributed by atoms with Gasteiger partial charge in [0.1, 0.15) is 5.75 Å². The van der Waals surface area contributed by atoms with Crippen molar-refractivity contribution in [3.8, 4) is 5.75 Å². The predicted octanol–water partition coefficient (Wildman–Crippen LogP) is 1.38. The number of hydrogen-bond acceptors (Lipinski definition) is 4. The van der Waals surface area contributed by atoms with Crippen LogP contribution in [-0.4, -0.2) is 38.8 Å². The molecule has 1 atom stereocenters. The van der Waals surface area contributed by atoms with Gasteiger partial charge in [-0.25, -0.2) is 13.1 Å². The number of carbonyl (C=O) groups is 1. The lowest BCUT2D eigenvalue weighted by Gasteiger charge is -2.17. The number of amides is 1. The summed E-state index contributed by atoms with van der Waals surface area (Å²) in [7, 11) is -3.27. The molecule has 0 aliphatic heterocycles. The fraction of sp³-hybridized carbons (Fsp3) is 0.278. The average molecular weight is 362 g/mol. The van der Waals surface area contributed by atoms with E-state index in [9.17, 15) is 18.3 Å². The minimum atomic E-state index is -3.27. The highest BCUT2D eigenvalue weighted by molar-refractivity contribution is 7.88. The van der Waals surface area contributed by atoms with Gasteiger partial charge in [0.25, 0.3) is 0 Å². The molecule has 3 N–H and O–H groups in total. The minimum Gasteiger partial charge on any atom is -0.508 e. The molecular weight excluding hydrogens is 340 g/mol. The van der Waals surface area contributed by atoms with Gasteiger partial charge in [0.2, 0.25) is 15.9 Å². The van der Waals surface area contributed by atoms with Crippen LogP contribution in [0, 0.1) is 0 Å². The quantitative estimate of drug-likeness (QED) is 0.618. The van der Waals surface area contributed by atoms with E-state index in [4.69, 9.17) is 0 Å². The first-order valence-corrected chi connectivity index (χ1v) is 9.79. The van der Waals surface area contributed by atoms with Gasteiger partial charge in [-0.15, -0.1) is 0 Å². The lowest BCUT2D eigenvalue weighted by atomic mass is 9.91. The Morgan fingerprint density at radius 2 is 1.68 bits per heavy atom. The Kier molecular flexibility index (Phi) is 6.55. The summed E-state index contributed by atoms with van der Waals surface area (Å²) in [5.74, 6) is -0.394. The van der Waals surface area contributed by atoms with Crippen LogP contribution in [0.2, 0.25) is 0 Å². The van der Waals surface area contributed by atoms with E-state index in [1.54, 1.807) is 24.3 Å². The monoisotopic (exact) mass is 362 g/mol. The summed E-state index contributed by atoms with van der Waals surface area (Å²) in [6.45, 7) is 0.357. The van der Waals surface area contributed by atoms with Crippen LogP contribution < -0.4 is 10.0 Å². The fourth-order valence-corrected chi connectivity index (χ4v) is 2.93. The molecule has 0 bridgehead atoms. The van der Waals surface area contributed by atoms with Crippen LogP contribution in [0.1, 0.15) is 17.0 Å². The molecule has 2 rings (SSSR count). The second kappa shape index (κ2) is 8.64. The highest BCUT2D eigenvalue weighted by Gasteiger charge is 2.20. The van der Waals surface area contributed by atoms with Gasteiger partial charge in [-0.05, 0) is 29.7 Å². The molecule has 2 aromatic carbocycles. The predicted molar refractivity (Wildman–Crippen MR) is 96.9 cm³/mol. The Morgan fingerprint density at radius 1 is 1.04 bits per heavy atom. The Balaban J connectivity index is 2.06. The van der Waals surface area contributed by atoms with Crippen molar-refractivity contribution in [3.63, 3.8) is 0 Å². The van der Waals surface area contributed by atoms with Crippen LogP contribution in [0.5, 0.6) is 5.75 Å². The van der Waals surface area contributed by atoms with Crippen molar-refractivity contribution in [2.24, 2.45) is 0 Å². The van der Waals surface area contributed by atoms with Crippen LogP contribution in [0.3, 0.4) is 0 Å². The molecule has 6 nitrogen and oxygen atoms in total. The Hall–Kier alpha value is -2.38. The number of aromatic hydroxyl groups is 1. The number of rotatable bonds is 8. The molecule has 0 spiro atoms. The van der Waals surface area contributed by atoms with Crippen LogP contribution in [0.4, 0.5) is 0 Å². The normalized spacial score (nSPS) is 12.5. The largest absolute Gasteiger partial charge is 0.508 e. The van der Waals surface area contributed by atoms with Gasteiger partial charge in [-0.1, -0.05) is 42.5 Å². The maximum atomic E-state index is 12.6. The molecule has 0 aliphatic carbocycles. The Morgan fingerprint density at radius 3 is 2.28 bits per heavy atom. The fourth-order valence-electron chi connectivity index (χ4n) is 2.46. The van der Waals surface area contributed by atoms with Gasteiger partial charge in [-0.3, -0.25) is 4.79 Å². The smallest absolute Gasteiger partial charge is 0.227 e. The summed E-state index contributed by atoms with van der Waals surface area (Å²) < 4.78 is 24.5. The van der Waals surface area contributed by atoms with E-state index < -0.39 is 15.9 Å². The summed E-state index contributed by atoms with van der Waals surface area (Å²) in [4.78, 5) is 12.6. The number of benzene rings is 2. The molecule has 0 unspecified atom stereocenters. The van der Waals surface area contributed by atoms with Crippen molar-refractivity contribution in [3.05, 3.63) is 65.7 Å². The van der Waals surface area contributed by atoms with E-state index in [0.717, 1.165) is 17.4 Å². The van der Waals surface area contributed by atoms with Gasteiger partial charge >= 0.3 is 0 Å². The zero-order chi connectivity index (χ0) is 18.3. The number of carbonyl (C=O) groups excluding carboxylic acids is 1. The molecule has 0 radical (unpaired) electrons. The standard InChI is InChI=1S/C18H22N2O4S/c1-25(23,24)20-12-11-19-18(22)17(15-5-3-2-4-6-15)13-14-7-9-16(21)10-8-14/h2-10,17,20-21H,11-13H2,1H3,(H,19,22)/t17-/m1/s1. The molecule has 0 aliphatic rings. The van der Waals surface area contributed by atoms with E-state index in [0.29, 0.717) is 6.42 Å². The first-order valence-electron chi connectivity index (χ1n) is 7.90. The van der Waals surface area contributed by atoms with Crippen molar-refractivity contribution >= 4 is 15.9 Å². The molecular formula is C18H22N2O4S. The lowest BCUT2D eigenvalue weighted by Crippen LogP contribution is -2.37. The molecule has 7 heteroatoms. The Labute approximate surface area is 147 Å². The number of nitrogens with one attached hydrogen (secondary N) is 2. The van der Waals surface area contributed by atoms with E-state index in [2.05, 4.69) is 10.0 Å². The first-order chi connectivity index (χ1) is 11.8. The second-order valence-electron chi connectivity index (χ2n) is 5.79. The van der Waals surface area contributed by atoms with Crippen molar-refractivity contribution in [2.45, 2.75) is 12.3 Å². The molecule has 2 aromatic rings. The van der Waals surface area contributed by atoms with Gasteiger partial charge in [0, 0.05) is 13.1 Å². The maximum Gasteiger partial charge on any atom is 0.227 e. The van der Waals surface area contributed by atoms with Gasteiger partial charge in [0.05, 0.1) is 12.2 Å². The molecule has 134 valence electrons. The summed E-state index contributed by atoms with van der Waals surface area (Å²) >= 11 is 0. The molecule has 0 fully saturated rings. The summed E-state index contributed by atoms with van der Waals surface area (Å²) in [6, 6.07) is 16.1. The summed E-state index contributed by atoms with van der Waals surface area (Å²) in [5.41, 5.74) is 1.81. The second-order valence-corrected chi connectivity index (χ2v) is 7.62. The minimum absolute atomic E-state index is 0.144. The van der Waals surface area contributed by atoms with E-state index >= 15 is 0 Å². The number of hydrogen-bond donors (Lipinski definition) is 3. The SMILES string of the molecule is CS(=O)(=O)NCCNC(=O)[C@H](Cc1ccc(O)cc1)c1ccccc1. The highest BCUT2D eigenvalue weighted by Crippen LogP contribution is 2.22. The molecule has 0 saturated heterocycles.